The van der Waals surface area contributed by atoms with Crippen molar-refractivity contribution in [2.24, 2.45) is 5.73 Å². The van der Waals surface area contributed by atoms with Crippen molar-refractivity contribution in [1.82, 2.24) is 19.7 Å². The molecular formula is C21H21Br2N5O4. The van der Waals surface area contributed by atoms with Crippen molar-refractivity contribution in [3.8, 4) is 5.69 Å². The Balaban J connectivity index is 1.44. The molecule has 6 atom stereocenters. The Labute approximate surface area is 201 Å². The summed E-state index contributed by atoms with van der Waals surface area (Å²) in [6.07, 6.45) is -1.77. The van der Waals surface area contributed by atoms with E-state index in [0.29, 0.717) is 21.9 Å². The smallest absolute Gasteiger partial charge is 0.184 e. The largest absolute Gasteiger partial charge is 0.388 e. The Kier molecular flexibility index (Phi) is 6.14. The third-order valence-electron chi connectivity index (χ3n) is 5.54. The predicted octanol–water partition coefficient (Wildman–Crippen LogP) is 2.74. The minimum atomic E-state index is -1.06. The van der Waals surface area contributed by atoms with Gasteiger partial charge in [-0.25, -0.2) is 14.6 Å². The van der Waals surface area contributed by atoms with Gasteiger partial charge < -0.3 is 25.1 Å². The number of rotatable bonds is 3. The summed E-state index contributed by atoms with van der Waals surface area (Å²) >= 11 is 6.89. The summed E-state index contributed by atoms with van der Waals surface area (Å²) < 4.78 is 21.2. The molecule has 0 saturated carbocycles. The fraction of sp³-hybridized carbons (Fsp3) is 0.381. The molecule has 3 aromatic rings. The Morgan fingerprint density at radius 3 is 2.75 bits per heavy atom. The fourth-order valence-corrected chi connectivity index (χ4v) is 4.72. The zero-order valence-electron chi connectivity index (χ0n) is 17.0. The number of fused-ring (bicyclic) bond motifs is 1. The Morgan fingerprint density at radius 2 is 1.97 bits per heavy atom. The van der Waals surface area contributed by atoms with E-state index < -0.39 is 36.7 Å². The normalized spacial score (nSPS) is 30.2. The van der Waals surface area contributed by atoms with Gasteiger partial charge in [-0.1, -0.05) is 30.3 Å². The summed E-state index contributed by atoms with van der Waals surface area (Å²) in [6, 6.07) is 10.8. The lowest BCUT2D eigenvalue weighted by atomic mass is 9.92. The number of hydrogen-bond donors (Lipinski definition) is 2. The maximum absolute atomic E-state index is 11.1. The van der Waals surface area contributed by atoms with E-state index in [-0.39, 0.29) is 6.61 Å². The van der Waals surface area contributed by atoms with Gasteiger partial charge in [0.05, 0.1) is 12.6 Å². The average Bonchev–Trinajstić information content (AvgIpc) is 3.19. The van der Waals surface area contributed by atoms with Gasteiger partial charge in [-0.2, -0.15) is 5.10 Å². The second-order valence-electron chi connectivity index (χ2n) is 7.73. The van der Waals surface area contributed by atoms with Crippen LogP contribution in [0.25, 0.3) is 5.69 Å². The number of nitrogens with zero attached hydrogens (tertiary/aromatic N) is 4. The highest BCUT2D eigenvalue weighted by molar-refractivity contribution is 9.11. The molecule has 2 aliphatic rings. The van der Waals surface area contributed by atoms with Crippen molar-refractivity contribution < 1.29 is 19.3 Å². The van der Waals surface area contributed by atoms with E-state index in [9.17, 15) is 5.11 Å². The standard InChI is InChI=1S/C21H21Br2N5O4/c1-10-26-20(28(27-10)13-7-12(22)8-25-19(13)23)18-16(29)15(24)17-14(31-18)9-30-21(32-17)11-5-3-2-4-6-11/h2-8,14-18,21,29H,9,24H2,1H3/t14-,15-,16-,17+,18-,21?/m1/s1. The van der Waals surface area contributed by atoms with Crippen LogP contribution in [0.15, 0.2) is 51.7 Å². The van der Waals surface area contributed by atoms with Crippen LogP contribution in [-0.4, -0.2) is 55.8 Å². The molecule has 1 aromatic carbocycles. The molecule has 1 unspecified atom stereocenters. The summed E-state index contributed by atoms with van der Waals surface area (Å²) in [5.41, 5.74) is 7.99. The maximum Gasteiger partial charge on any atom is 0.184 e. The summed E-state index contributed by atoms with van der Waals surface area (Å²) in [6.45, 7) is 2.05. The predicted molar refractivity (Wildman–Crippen MR) is 121 cm³/mol. The van der Waals surface area contributed by atoms with Gasteiger partial charge in [-0.05, 0) is 44.8 Å². The van der Waals surface area contributed by atoms with Crippen LogP contribution in [0.5, 0.6) is 0 Å². The summed E-state index contributed by atoms with van der Waals surface area (Å²) in [5.74, 6) is 0.952. The van der Waals surface area contributed by atoms with Gasteiger partial charge in [-0.3, -0.25) is 0 Å². The number of benzene rings is 1. The molecule has 4 heterocycles. The first kappa shape index (κ1) is 22.1. The Bertz CT molecular complexity index is 1110. The van der Waals surface area contributed by atoms with E-state index in [0.717, 1.165) is 10.0 Å². The summed E-state index contributed by atoms with van der Waals surface area (Å²) in [7, 11) is 0. The van der Waals surface area contributed by atoms with Crippen LogP contribution >= 0.6 is 31.9 Å². The van der Waals surface area contributed by atoms with E-state index in [2.05, 4.69) is 46.9 Å². The van der Waals surface area contributed by atoms with E-state index in [1.807, 2.05) is 36.4 Å². The van der Waals surface area contributed by atoms with E-state index in [4.69, 9.17) is 19.9 Å². The van der Waals surface area contributed by atoms with Crippen LogP contribution < -0.4 is 5.73 Å². The van der Waals surface area contributed by atoms with E-state index in [1.165, 1.54) is 0 Å². The SMILES string of the molecule is Cc1nc([C@@H]2O[C@@H]3COC(c4ccccc4)O[C@@H]3[C@H](N)[C@H]2O)n(-c2cc(Br)cnc2Br)n1. The number of nitrogens with two attached hydrogens (primary N) is 1. The fourth-order valence-electron chi connectivity index (χ4n) is 4.02. The second kappa shape index (κ2) is 8.90. The molecule has 2 aliphatic heterocycles. The topological polar surface area (TPSA) is 118 Å². The van der Waals surface area contributed by atoms with Crippen molar-refractivity contribution in [2.45, 2.75) is 43.7 Å². The molecule has 5 rings (SSSR count). The Hall–Kier alpha value is -1.73. The lowest BCUT2D eigenvalue weighted by Gasteiger charge is -2.46. The van der Waals surface area contributed by atoms with Crippen molar-refractivity contribution in [3.63, 3.8) is 0 Å². The summed E-state index contributed by atoms with van der Waals surface area (Å²) in [4.78, 5) is 8.83. The number of aryl methyl sites for hydroxylation is 1. The minimum Gasteiger partial charge on any atom is -0.388 e. The van der Waals surface area contributed by atoms with Crippen LogP contribution in [0.2, 0.25) is 0 Å². The molecule has 168 valence electrons. The van der Waals surface area contributed by atoms with Crippen molar-refractivity contribution in [2.75, 3.05) is 6.61 Å². The molecular weight excluding hydrogens is 546 g/mol. The van der Waals surface area contributed by atoms with Crippen LogP contribution in [0.4, 0.5) is 0 Å². The van der Waals surface area contributed by atoms with Crippen molar-refractivity contribution >= 4 is 31.9 Å². The molecule has 0 bridgehead atoms. The monoisotopic (exact) mass is 565 g/mol. The van der Waals surface area contributed by atoms with E-state index >= 15 is 0 Å². The molecule has 2 saturated heterocycles. The number of aliphatic hydroxyl groups is 1. The van der Waals surface area contributed by atoms with Gasteiger partial charge in [0.15, 0.2) is 12.1 Å². The Morgan fingerprint density at radius 1 is 1.19 bits per heavy atom. The minimum absolute atomic E-state index is 0.274. The molecule has 0 amide bonds. The van der Waals surface area contributed by atoms with Crippen molar-refractivity contribution in [1.29, 1.82) is 0 Å². The average molecular weight is 567 g/mol. The molecule has 9 nitrogen and oxygen atoms in total. The van der Waals surface area contributed by atoms with Gasteiger partial charge in [0.25, 0.3) is 0 Å². The van der Waals surface area contributed by atoms with Gasteiger partial charge in [-0.15, -0.1) is 0 Å². The highest BCUT2D eigenvalue weighted by Gasteiger charge is 2.49. The van der Waals surface area contributed by atoms with Crippen LogP contribution in [0.1, 0.15) is 29.6 Å². The number of hydrogen-bond acceptors (Lipinski definition) is 8. The number of aliphatic hydroxyl groups excluding tert-OH is 1. The first-order chi connectivity index (χ1) is 15.4. The second-order valence-corrected chi connectivity index (χ2v) is 9.40. The molecule has 0 radical (unpaired) electrons. The quantitative estimate of drug-likeness (QED) is 0.465. The number of pyridine rings is 1. The summed E-state index contributed by atoms with van der Waals surface area (Å²) in [5, 5.41) is 15.6. The third-order valence-corrected chi connectivity index (χ3v) is 6.59. The number of aromatic nitrogens is 4. The lowest BCUT2D eigenvalue weighted by Crippen LogP contribution is -2.62. The number of halogens is 2. The van der Waals surface area contributed by atoms with E-state index in [1.54, 1.807) is 17.8 Å². The molecule has 11 heteroatoms. The molecule has 0 spiro atoms. The zero-order chi connectivity index (χ0) is 22.4. The highest BCUT2D eigenvalue weighted by atomic mass is 79.9. The molecule has 2 aromatic heterocycles. The number of ether oxygens (including phenoxy) is 3. The van der Waals surface area contributed by atoms with Crippen LogP contribution in [0, 0.1) is 6.92 Å². The van der Waals surface area contributed by atoms with Gasteiger partial charge in [0.1, 0.15) is 40.5 Å². The zero-order valence-corrected chi connectivity index (χ0v) is 20.2. The molecule has 2 fully saturated rings. The van der Waals surface area contributed by atoms with Gasteiger partial charge >= 0.3 is 0 Å². The van der Waals surface area contributed by atoms with Crippen molar-refractivity contribution in [3.05, 3.63) is 68.9 Å². The van der Waals surface area contributed by atoms with Gasteiger partial charge in [0.2, 0.25) is 0 Å². The van der Waals surface area contributed by atoms with Crippen LogP contribution in [0.3, 0.4) is 0 Å². The maximum atomic E-state index is 11.1. The molecule has 3 N–H and O–H groups in total. The molecule has 0 aliphatic carbocycles. The highest BCUT2D eigenvalue weighted by Crippen LogP contribution is 2.38. The molecule has 32 heavy (non-hydrogen) atoms. The first-order valence-electron chi connectivity index (χ1n) is 10.1. The third kappa shape index (κ3) is 4.03. The van der Waals surface area contributed by atoms with Crippen LogP contribution in [-0.2, 0) is 14.2 Å². The lowest BCUT2D eigenvalue weighted by molar-refractivity contribution is -0.309. The first-order valence-corrected chi connectivity index (χ1v) is 11.7. The van der Waals surface area contributed by atoms with Gasteiger partial charge in [0, 0.05) is 16.2 Å².